The predicted octanol–water partition coefficient (Wildman–Crippen LogP) is 4.80. The van der Waals surface area contributed by atoms with Crippen LogP contribution in [0.1, 0.15) is 11.1 Å². The van der Waals surface area contributed by atoms with Crippen molar-refractivity contribution < 1.29 is 17.9 Å². The van der Waals surface area contributed by atoms with E-state index >= 15 is 0 Å². The van der Waals surface area contributed by atoms with E-state index in [9.17, 15) is 13.2 Å². The minimum Gasteiger partial charge on any atom is -0.406 e. The zero-order valence-electron chi connectivity index (χ0n) is 11.5. The third-order valence-corrected chi connectivity index (χ3v) is 3.80. The van der Waals surface area contributed by atoms with Gasteiger partial charge in [-0.2, -0.15) is 0 Å². The fourth-order valence-electron chi connectivity index (χ4n) is 2.64. The van der Waals surface area contributed by atoms with Gasteiger partial charge in [-0.25, -0.2) is 0 Å². The van der Waals surface area contributed by atoms with Gasteiger partial charge in [-0.3, -0.25) is 0 Å². The summed E-state index contributed by atoms with van der Waals surface area (Å²) in [5.74, 6) is -0.297. The van der Waals surface area contributed by atoms with E-state index in [0.29, 0.717) is 12.2 Å². The molecule has 3 rings (SSSR count). The van der Waals surface area contributed by atoms with Crippen molar-refractivity contribution in [2.75, 3.05) is 11.4 Å². The Labute approximate surface area is 131 Å². The van der Waals surface area contributed by atoms with Crippen LogP contribution in [-0.2, 0) is 13.0 Å². The van der Waals surface area contributed by atoms with E-state index < -0.39 is 6.36 Å². The summed E-state index contributed by atoms with van der Waals surface area (Å²) in [5.41, 5.74) is 3.07. The SMILES string of the molecule is FC(F)(F)Oc1cc(Cl)cc(N2CCc3ccccc3C2)c1. The second kappa shape index (κ2) is 5.72. The topological polar surface area (TPSA) is 12.5 Å². The van der Waals surface area contributed by atoms with Gasteiger partial charge in [0.15, 0.2) is 0 Å². The average molecular weight is 328 g/mol. The van der Waals surface area contributed by atoms with Crippen molar-refractivity contribution in [2.24, 2.45) is 0 Å². The second-order valence-corrected chi connectivity index (χ2v) is 5.57. The largest absolute Gasteiger partial charge is 0.573 e. The smallest absolute Gasteiger partial charge is 0.406 e. The fraction of sp³-hybridized carbons (Fsp3) is 0.250. The van der Waals surface area contributed by atoms with Crippen LogP contribution in [0.3, 0.4) is 0 Å². The Balaban J connectivity index is 1.86. The number of anilines is 1. The Hall–Kier alpha value is -1.88. The number of benzene rings is 2. The highest BCUT2D eigenvalue weighted by Crippen LogP contribution is 2.33. The van der Waals surface area contributed by atoms with Crippen molar-refractivity contribution in [3.05, 3.63) is 58.6 Å². The standard InChI is InChI=1S/C16H13ClF3NO/c17-13-7-14(9-15(8-13)22-16(18,19)20)21-6-5-11-3-1-2-4-12(11)10-21/h1-4,7-9H,5-6,10H2. The summed E-state index contributed by atoms with van der Waals surface area (Å²) in [4.78, 5) is 2.00. The van der Waals surface area contributed by atoms with E-state index in [-0.39, 0.29) is 10.8 Å². The number of rotatable bonds is 2. The molecule has 1 aliphatic heterocycles. The number of ether oxygens (including phenoxy) is 1. The van der Waals surface area contributed by atoms with Crippen molar-refractivity contribution in [2.45, 2.75) is 19.3 Å². The Morgan fingerprint density at radius 1 is 1.05 bits per heavy atom. The molecule has 0 radical (unpaired) electrons. The highest BCUT2D eigenvalue weighted by atomic mass is 35.5. The van der Waals surface area contributed by atoms with Crippen molar-refractivity contribution >= 4 is 17.3 Å². The van der Waals surface area contributed by atoms with Gasteiger partial charge in [0.2, 0.25) is 0 Å². The quantitative estimate of drug-likeness (QED) is 0.785. The summed E-state index contributed by atoms with van der Waals surface area (Å²) in [7, 11) is 0. The molecular weight excluding hydrogens is 315 g/mol. The molecule has 6 heteroatoms. The molecule has 2 aromatic carbocycles. The van der Waals surface area contributed by atoms with E-state index in [1.165, 1.54) is 17.2 Å². The van der Waals surface area contributed by atoms with Gasteiger partial charge in [0.05, 0.1) is 0 Å². The van der Waals surface area contributed by atoms with Crippen LogP contribution in [0.25, 0.3) is 0 Å². The Bertz CT molecular complexity index is 687. The zero-order chi connectivity index (χ0) is 15.7. The lowest BCUT2D eigenvalue weighted by Gasteiger charge is -2.31. The molecular formula is C16H13ClF3NO. The minimum absolute atomic E-state index is 0.218. The molecule has 2 nitrogen and oxygen atoms in total. The van der Waals surface area contributed by atoms with Gasteiger partial charge in [-0.15, -0.1) is 13.2 Å². The molecule has 0 spiro atoms. The fourth-order valence-corrected chi connectivity index (χ4v) is 2.86. The number of halogens is 4. The molecule has 116 valence electrons. The Morgan fingerprint density at radius 2 is 1.77 bits per heavy atom. The lowest BCUT2D eigenvalue weighted by Crippen LogP contribution is -2.30. The van der Waals surface area contributed by atoms with Gasteiger partial charge >= 0.3 is 6.36 Å². The van der Waals surface area contributed by atoms with Crippen LogP contribution in [0.4, 0.5) is 18.9 Å². The number of alkyl halides is 3. The number of nitrogens with zero attached hydrogens (tertiary/aromatic N) is 1. The first-order valence-corrected chi connectivity index (χ1v) is 7.16. The number of fused-ring (bicyclic) bond motifs is 1. The van der Waals surface area contributed by atoms with E-state index in [4.69, 9.17) is 11.6 Å². The van der Waals surface area contributed by atoms with E-state index in [1.807, 2.05) is 23.1 Å². The van der Waals surface area contributed by atoms with Gasteiger partial charge in [0.1, 0.15) is 5.75 Å². The van der Waals surface area contributed by atoms with Gasteiger partial charge in [-0.05, 0) is 29.7 Å². The van der Waals surface area contributed by atoms with Crippen LogP contribution >= 0.6 is 11.6 Å². The molecule has 0 fully saturated rings. The molecule has 0 saturated carbocycles. The lowest BCUT2D eigenvalue weighted by atomic mass is 9.99. The molecule has 0 saturated heterocycles. The molecule has 0 amide bonds. The average Bonchev–Trinajstić information content (AvgIpc) is 2.44. The van der Waals surface area contributed by atoms with Crippen molar-refractivity contribution in [1.82, 2.24) is 0 Å². The third kappa shape index (κ3) is 3.47. The monoisotopic (exact) mass is 327 g/mol. The van der Waals surface area contributed by atoms with Crippen LogP contribution in [-0.4, -0.2) is 12.9 Å². The minimum atomic E-state index is -4.73. The maximum absolute atomic E-state index is 12.4. The predicted molar refractivity (Wildman–Crippen MR) is 79.3 cm³/mol. The highest BCUT2D eigenvalue weighted by molar-refractivity contribution is 6.31. The van der Waals surface area contributed by atoms with Crippen LogP contribution in [0.5, 0.6) is 5.75 Å². The van der Waals surface area contributed by atoms with Gasteiger partial charge in [-0.1, -0.05) is 35.9 Å². The summed E-state index contributed by atoms with van der Waals surface area (Å²) < 4.78 is 41.1. The third-order valence-electron chi connectivity index (χ3n) is 3.59. The zero-order valence-corrected chi connectivity index (χ0v) is 12.3. The molecule has 2 aromatic rings. The molecule has 0 aromatic heterocycles. The maximum Gasteiger partial charge on any atom is 0.573 e. The molecule has 0 atom stereocenters. The summed E-state index contributed by atoms with van der Waals surface area (Å²) in [6.45, 7) is 1.37. The normalized spacial score (nSPS) is 14.6. The van der Waals surface area contributed by atoms with Crippen LogP contribution in [0.15, 0.2) is 42.5 Å². The van der Waals surface area contributed by atoms with E-state index in [1.54, 1.807) is 6.07 Å². The van der Waals surface area contributed by atoms with Gasteiger partial charge < -0.3 is 9.64 Å². The van der Waals surface area contributed by atoms with Gasteiger partial charge in [0.25, 0.3) is 0 Å². The Morgan fingerprint density at radius 3 is 2.50 bits per heavy atom. The number of hydrogen-bond acceptors (Lipinski definition) is 2. The maximum atomic E-state index is 12.4. The van der Waals surface area contributed by atoms with Crippen molar-refractivity contribution in [3.8, 4) is 5.75 Å². The molecule has 1 heterocycles. The summed E-state index contributed by atoms with van der Waals surface area (Å²) in [5, 5.41) is 0.218. The molecule has 22 heavy (non-hydrogen) atoms. The van der Waals surface area contributed by atoms with Crippen LogP contribution < -0.4 is 9.64 Å². The van der Waals surface area contributed by atoms with Gasteiger partial charge in [0, 0.05) is 29.9 Å². The first-order chi connectivity index (χ1) is 10.4. The summed E-state index contributed by atoms with van der Waals surface area (Å²) in [6, 6.07) is 12.2. The molecule has 0 aliphatic carbocycles. The van der Waals surface area contributed by atoms with Crippen LogP contribution in [0.2, 0.25) is 5.02 Å². The first kappa shape index (κ1) is 15.0. The second-order valence-electron chi connectivity index (χ2n) is 5.13. The molecule has 1 aliphatic rings. The summed E-state index contributed by atoms with van der Waals surface area (Å²) in [6.07, 6.45) is -3.88. The van der Waals surface area contributed by atoms with Crippen molar-refractivity contribution in [1.29, 1.82) is 0 Å². The molecule has 0 unspecified atom stereocenters. The number of hydrogen-bond donors (Lipinski definition) is 0. The molecule has 0 N–H and O–H groups in total. The lowest BCUT2D eigenvalue weighted by molar-refractivity contribution is -0.274. The molecule has 0 bridgehead atoms. The highest BCUT2D eigenvalue weighted by Gasteiger charge is 2.31. The summed E-state index contributed by atoms with van der Waals surface area (Å²) >= 11 is 5.92. The Kier molecular flexibility index (Phi) is 3.91. The van der Waals surface area contributed by atoms with E-state index in [0.717, 1.165) is 19.0 Å². The van der Waals surface area contributed by atoms with Crippen molar-refractivity contribution in [3.63, 3.8) is 0 Å². The first-order valence-electron chi connectivity index (χ1n) is 6.79. The van der Waals surface area contributed by atoms with E-state index in [2.05, 4.69) is 10.8 Å². The van der Waals surface area contributed by atoms with Crippen LogP contribution in [0, 0.1) is 0 Å².